The van der Waals surface area contributed by atoms with E-state index in [9.17, 15) is 9.59 Å². The number of carbonyl (C=O) groups excluding carboxylic acids is 2. The predicted molar refractivity (Wildman–Crippen MR) is 109 cm³/mol. The van der Waals surface area contributed by atoms with Crippen molar-refractivity contribution in [2.24, 2.45) is 0 Å². The van der Waals surface area contributed by atoms with Gasteiger partial charge in [0.2, 0.25) is 5.91 Å². The van der Waals surface area contributed by atoms with Crippen molar-refractivity contribution >= 4 is 28.8 Å². The molecule has 0 N–H and O–H groups in total. The minimum absolute atomic E-state index is 0.0314. The van der Waals surface area contributed by atoms with Crippen LogP contribution in [-0.2, 0) is 20.7 Å². The number of aromatic nitrogens is 1. The maximum Gasteiger partial charge on any atom is 0.253 e. The Labute approximate surface area is 169 Å². The summed E-state index contributed by atoms with van der Waals surface area (Å²) >= 11 is 1.59. The topological polar surface area (TPSA) is 62.7 Å². The zero-order valence-electron chi connectivity index (χ0n) is 16.3. The Hall–Kier alpha value is -2.25. The van der Waals surface area contributed by atoms with Gasteiger partial charge in [0.25, 0.3) is 5.91 Å². The summed E-state index contributed by atoms with van der Waals surface area (Å²) in [5, 5.41) is 0.989. The number of aryl methyl sites for hydroxylation is 2. The molecule has 2 aliphatic rings. The van der Waals surface area contributed by atoms with Gasteiger partial charge in [0.1, 0.15) is 12.2 Å². The summed E-state index contributed by atoms with van der Waals surface area (Å²) in [6, 6.07) is 9.69. The molecule has 6 nitrogen and oxygen atoms in total. The third-order valence-corrected chi connectivity index (χ3v) is 6.59. The minimum atomic E-state index is -0.490. The van der Waals surface area contributed by atoms with Crippen molar-refractivity contribution in [2.45, 2.75) is 38.7 Å². The van der Waals surface area contributed by atoms with E-state index in [0.717, 1.165) is 40.7 Å². The van der Waals surface area contributed by atoms with Crippen LogP contribution in [0, 0.1) is 13.8 Å². The fourth-order valence-corrected chi connectivity index (χ4v) is 5.03. The number of hydrogen-bond acceptors (Lipinski definition) is 5. The molecule has 7 heteroatoms. The normalized spacial score (nSPS) is 22.7. The van der Waals surface area contributed by atoms with Crippen LogP contribution in [0.3, 0.4) is 0 Å². The van der Waals surface area contributed by atoms with Gasteiger partial charge in [0.05, 0.1) is 30.2 Å². The second-order valence-corrected chi connectivity index (χ2v) is 8.91. The third kappa shape index (κ3) is 3.82. The molecular formula is C21H25N3O3S. The Kier molecular flexibility index (Phi) is 5.21. The molecule has 2 aromatic rings. The van der Waals surface area contributed by atoms with E-state index in [-0.39, 0.29) is 18.4 Å². The number of thiazole rings is 1. The zero-order chi connectivity index (χ0) is 19.7. The van der Waals surface area contributed by atoms with Crippen molar-refractivity contribution < 1.29 is 14.3 Å². The predicted octanol–water partition coefficient (Wildman–Crippen LogP) is 2.73. The summed E-state index contributed by atoms with van der Waals surface area (Å²) in [6.45, 7) is 5.73. The molecule has 1 aromatic carbocycles. The first-order valence-electron chi connectivity index (χ1n) is 9.66. The Morgan fingerprint density at radius 3 is 2.75 bits per heavy atom. The van der Waals surface area contributed by atoms with Crippen LogP contribution in [0.2, 0.25) is 0 Å². The molecule has 0 aliphatic carbocycles. The third-order valence-electron chi connectivity index (χ3n) is 5.52. The minimum Gasteiger partial charge on any atom is -0.361 e. The Bertz CT molecular complexity index is 882. The van der Waals surface area contributed by atoms with Gasteiger partial charge in [0, 0.05) is 17.1 Å². The van der Waals surface area contributed by atoms with Crippen molar-refractivity contribution in [3.05, 3.63) is 45.9 Å². The number of anilines is 1. The number of nitrogens with zero attached hydrogens (tertiary/aromatic N) is 3. The van der Waals surface area contributed by atoms with Gasteiger partial charge in [0.15, 0.2) is 0 Å². The largest absolute Gasteiger partial charge is 0.361 e. The first-order chi connectivity index (χ1) is 13.5. The van der Waals surface area contributed by atoms with Crippen LogP contribution in [0.4, 0.5) is 5.69 Å². The number of hydrogen-bond donors (Lipinski definition) is 0. The van der Waals surface area contributed by atoms with Crippen molar-refractivity contribution in [3.63, 3.8) is 0 Å². The lowest BCUT2D eigenvalue weighted by Crippen LogP contribution is -2.62. The van der Waals surface area contributed by atoms with Gasteiger partial charge in [-0.1, -0.05) is 18.2 Å². The molecule has 1 aromatic heterocycles. The first-order valence-corrected chi connectivity index (χ1v) is 10.5. The molecule has 2 fully saturated rings. The molecule has 1 atom stereocenters. The van der Waals surface area contributed by atoms with E-state index in [1.54, 1.807) is 16.2 Å². The maximum absolute atomic E-state index is 12.9. The number of rotatable bonds is 3. The van der Waals surface area contributed by atoms with E-state index in [1.165, 1.54) is 0 Å². The molecule has 0 radical (unpaired) electrons. The number of likely N-dealkylation sites (tertiary alicyclic amines) is 1. The molecule has 0 saturated carbocycles. The van der Waals surface area contributed by atoms with E-state index in [2.05, 4.69) is 4.98 Å². The van der Waals surface area contributed by atoms with Gasteiger partial charge >= 0.3 is 0 Å². The highest BCUT2D eigenvalue weighted by Crippen LogP contribution is 2.32. The van der Waals surface area contributed by atoms with Crippen molar-refractivity contribution in [1.29, 1.82) is 0 Å². The van der Waals surface area contributed by atoms with E-state index < -0.39 is 5.60 Å². The van der Waals surface area contributed by atoms with E-state index in [1.807, 2.05) is 49.1 Å². The Morgan fingerprint density at radius 2 is 2.04 bits per heavy atom. The van der Waals surface area contributed by atoms with Gasteiger partial charge in [-0.3, -0.25) is 9.59 Å². The average Bonchev–Trinajstić information content (AvgIpc) is 3.01. The number of morpholine rings is 1. The summed E-state index contributed by atoms with van der Waals surface area (Å²) in [4.78, 5) is 34.5. The molecule has 2 amide bonds. The highest BCUT2D eigenvalue weighted by atomic mass is 32.1. The second kappa shape index (κ2) is 7.64. The van der Waals surface area contributed by atoms with Crippen LogP contribution in [0.1, 0.15) is 28.4 Å². The number of ether oxygens (including phenoxy) is 1. The number of amides is 2. The molecule has 1 unspecified atom stereocenters. The quantitative estimate of drug-likeness (QED) is 0.796. The van der Waals surface area contributed by atoms with Crippen molar-refractivity contribution in [1.82, 2.24) is 9.88 Å². The van der Waals surface area contributed by atoms with Crippen LogP contribution in [0.5, 0.6) is 0 Å². The van der Waals surface area contributed by atoms with Crippen LogP contribution in [0.15, 0.2) is 30.3 Å². The van der Waals surface area contributed by atoms with Gasteiger partial charge < -0.3 is 14.5 Å². The SMILES string of the molecule is Cc1nc(C)c(CC(=O)N2CCCC3(C2)CN(c2ccccc2)C(=O)CO3)s1. The molecule has 3 heterocycles. The summed E-state index contributed by atoms with van der Waals surface area (Å²) in [5.74, 6) is 0.0774. The van der Waals surface area contributed by atoms with Crippen LogP contribution >= 0.6 is 11.3 Å². The van der Waals surface area contributed by atoms with Gasteiger partial charge in [-0.15, -0.1) is 11.3 Å². The van der Waals surface area contributed by atoms with E-state index in [4.69, 9.17) is 4.74 Å². The lowest BCUT2D eigenvalue weighted by Gasteiger charge is -2.47. The average molecular weight is 400 g/mol. The van der Waals surface area contributed by atoms with Crippen LogP contribution in [-0.4, -0.2) is 53.5 Å². The number of benzene rings is 1. The van der Waals surface area contributed by atoms with Crippen molar-refractivity contribution in [3.8, 4) is 0 Å². The van der Waals surface area contributed by atoms with Crippen LogP contribution < -0.4 is 4.90 Å². The van der Waals surface area contributed by atoms with E-state index in [0.29, 0.717) is 19.5 Å². The molecule has 1 spiro atoms. The second-order valence-electron chi connectivity index (χ2n) is 7.62. The lowest BCUT2D eigenvalue weighted by atomic mass is 9.90. The van der Waals surface area contributed by atoms with Gasteiger partial charge in [-0.25, -0.2) is 4.98 Å². The first kappa shape index (κ1) is 19.1. The van der Waals surface area contributed by atoms with Gasteiger partial charge in [-0.05, 0) is 38.8 Å². The lowest BCUT2D eigenvalue weighted by molar-refractivity contribution is -0.153. The molecule has 0 bridgehead atoms. The highest BCUT2D eigenvalue weighted by Gasteiger charge is 2.44. The van der Waals surface area contributed by atoms with Gasteiger partial charge in [-0.2, -0.15) is 0 Å². The maximum atomic E-state index is 12.9. The Balaban J connectivity index is 1.48. The van der Waals surface area contributed by atoms with Crippen molar-refractivity contribution in [2.75, 3.05) is 31.1 Å². The van der Waals surface area contributed by atoms with E-state index >= 15 is 0 Å². The molecule has 28 heavy (non-hydrogen) atoms. The van der Waals surface area contributed by atoms with Crippen LogP contribution in [0.25, 0.3) is 0 Å². The fraction of sp³-hybridized carbons (Fsp3) is 0.476. The smallest absolute Gasteiger partial charge is 0.253 e. The molecule has 148 valence electrons. The zero-order valence-corrected chi connectivity index (χ0v) is 17.1. The Morgan fingerprint density at radius 1 is 1.25 bits per heavy atom. The monoisotopic (exact) mass is 399 g/mol. The summed E-state index contributed by atoms with van der Waals surface area (Å²) in [6.07, 6.45) is 2.12. The number of carbonyl (C=O) groups is 2. The standard InChI is InChI=1S/C21H25N3O3S/c1-15-18(28-16(2)22-15)11-19(25)23-10-6-9-21(13-23)14-24(20(26)12-27-21)17-7-4-3-5-8-17/h3-5,7-8H,6,9-14H2,1-2H3. The number of para-hydroxylation sites is 1. The fourth-order valence-electron chi connectivity index (χ4n) is 4.10. The number of piperidine rings is 1. The molecule has 2 saturated heterocycles. The molecular weight excluding hydrogens is 374 g/mol. The summed E-state index contributed by atoms with van der Waals surface area (Å²) < 4.78 is 6.03. The summed E-state index contributed by atoms with van der Waals surface area (Å²) in [5.41, 5.74) is 1.34. The molecule has 4 rings (SSSR count). The molecule has 2 aliphatic heterocycles. The highest BCUT2D eigenvalue weighted by molar-refractivity contribution is 7.11. The summed E-state index contributed by atoms with van der Waals surface area (Å²) in [7, 11) is 0.